The van der Waals surface area contributed by atoms with Crippen molar-refractivity contribution in [3.8, 4) is 0 Å². The van der Waals surface area contributed by atoms with Crippen LogP contribution in [0.4, 0.5) is 0 Å². The summed E-state index contributed by atoms with van der Waals surface area (Å²) in [6.45, 7) is 0. The summed E-state index contributed by atoms with van der Waals surface area (Å²) in [7, 11) is 0. The second-order valence-corrected chi connectivity index (χ2v) is 2.68. The maximum atomic E-state index is 5.65. The first-order valence-corrected chi connectivity index (χ1v) is 3.46. The van der Waals surface area contributed by atoms with Crippen molar-refractivity contribution in [1.29, 1.82) is 0 Å². The Morgan fingerprint density at radius 2 is 2.40 bits per heavy atom. The minimum Gasteiger partial charge on any atom is -0.402 e. The van der Waals surface area contributed by atoms with Crippen LogP contribution < -0.4 is 11.1 Å². The molecule has 0 amide bonds. The van der Waals surface area contributed by atoms with Crippen molar-refractivity contribution in [1.82, 2.24) is 5.32 Å². The summed E-state index contributed by atoms with van der Waals surface area (Å²) in [6.07, 6.45) is 9.10. The summed E-state index contributed by atoms with van der Waals surface area (Å²) < 4.78 is 0. The lowest BCUT2D eigenvalue weighted by Gasteiger charge is -2.14. The van der Waals surface area contributed by atoms with Crippen molar-refractivity contribution in [2.75, 3.05) is 0 Å². The molecule has 0 aromatic heterocycles. The van der Waals surface area contributed by atoms with Gasteiger partial charge in [0.05, 0.1) is 0 Å². The van der Waals surface area contributed by atoms with Crippen molar-refractivity contribution in [3.05, 3.63) is 35.8 Å². The summed E-state index contributed by atoms with van der Waals surface area (Å²) in [5, 5.41) is 3.16. The zero-order valence-corrected chi connectivity index (χ0v) is 5.67. The predicted octanol–water partition coefficient (Wildman–Crippen LogP) is 0.850. The molecule has 0 saturated heterocycles. The number of rotatable bonds is 0. The molecule has 1 heterocycles. The summed E-state index contributed by atoms with van der Waals surface area (Å²) in [4.78, 5) is 0. The number of allylic oxidation sites excluding steroid dienone is 4. The van der Waals surface area contributed by atoms with E-state index in [9.17, 15) is 0 Å². The van der Waals surface area contributed by atoms with Gasteiger partial charge in [0, 0.05) is 17.3 Å². The van der Waals surface area contributed by atoms with E-state index in [0.717, 1.165) is 12.1 Å². The highest BCUT2D eigenvalue weighted by molar-refractivity contribution is 5.31. The highest BCUT2D eigenvalue weighted by Crippen LogP contribution is 2.25. The predicted molar refractivity (Wildman–Crippen MR) is 40.7 cm³/mol. The van der Waals surface area contributed by atoms with Crippen molar-refractivity contribution in [2.45, 2.75) is 6.42 Å². The molecule has 0 spiro atoms. The van der Waals surface area contributed by atoms with E-state index in [4.69, 9.17) is 5.73 Å². The lowest BCUT2D eigenvalue weighted by molar-refractivity contribution is 0.720. The Kier molecular flexibility index (Phi) is 1.07. The summed E-state index contributed by atoms with van der Waals surface area (Å²) in [5.74, 6) is 0.519. The SMILES string of the molecule is NC1=CC=C2NC=CC2C1. The van der Waals surface area contributed by atoms with Crippen molar-refractivity contribution in [3.63, 3.8) is 0 Å². The zero-order valence-electron chi connectivity index (χ0n) is 5.67. The molecule has 1 atom stereocenters. The molecule has 1 unspecified atom stereocenters. The van der Waals surface area contributed by atoms with E-state index in [-0.39, 0.29) is 0 Å². The molecule has 2 nitrogen and oxygen atoms in total. The average molecular weight is 134 g/mol. The Morgan fingerprint density at radius 3 is 3.30 bits per heavy atom. The molecule has 52 valence electrons. The van der Waals surface area contributed by atoms with Gasteiger partial charge in [-0.25, -0.2) is 0 Å². The fraction of sp³-hybridized carbons (Fsp3) is 0.250. The lowest BCUT2D eigenvalue weighted by Crippen LogP contribution is -2.13. The normalized spacial score (nSPS) is 28.6. The topological polar surface area (TPSA) is 38.0 Å². The molecule has 0 aromatic carbocycles. The Morgan fingerprint density at radius 1 is 1.50 bits per heavy atom. The van der Waals surface area contributed by atoms with Crippen molar-refractivity contribution in [2.24, 2.45) is 11.7 Å². The molecule has 0 saturated carbocycles. The summed E-state index contributed by atoms with van der Waals surface area (Å²) in [6, 6.07) is 0. The lowest BCUT2D eigenvalue weighted by atomic mass is 9.97. The van der Waals surface area contributed by atoms with E-state index in [1.165, 1.54) is 5.70 Å². The number of hydrogen-bond acceptors (Lipinski definition) is 2. The molecule has 2 aliphatic rings. The zero-order chi connectivity index (χ0) is 6.97. The fourth-order valence-corrected chi connectivity index (χ4v) is 1.34. The third-order valence-electron chi connectivity index (χ3n) is 1.91. The van der Waals surface area contributed by atoms with Gasteiger partial charge in [-0.2, -0.15) is 0 Å². The van der Waals surface area contributed by atoms with E-state index in [0.29, 0.717) is 5.92 Å². The quantitative estimate of drug-likeness (QED) is 0.515. The first-order chi connectivity index (χ1) is 4.86. The standard InChI is InChI=1S/C8H10N2/c9-7-1-2-8-6(5-7)3-4-10-8/h1-4,6,10H,5,9H2. The van der Waals surface area contributed by atoms with Gasteiger partial charge < -0.3 is 11.1 Å². The highest BCUT2D eigenvalue weighted by Gasteiger charge is 2.17. The van der Waals surface area contributed by atoms with Crippen LogP contribution in [0.2, 0.25) is 0 Å². The van der Waals surface area contributed by atoms with E-state index in [1.807, 2.05) is 18.4 Å². The molecule has 0 aromatic rings. The first-order valence-electron chi connectivity index (χ1n) is 3.46. The molecule has 0 fully saturated rings. The van der Waals surface area contributed by atoms with E-state index in [1.54, 1.807) is 0 Å². The molecule has 3 N–H and O–H groups in total. The number of nitrogens with two attached hydrogens (primary N) is 1. The van der Waals surface area contributed by atoms with Gasteiger partial charge in [-0.05, 0) is 24.8 Å². The molecular weight excluding hydrogens is 124 g/mol. The Hall–Kier alpha value is -1.18. The third kappa shape index (κ3) is 0.727. The average Bonchev–Trinajstić information content (AvgIpc) is 2.33. The van der Waals surface area contributed by atoms with Crippen LogP contribution in [0.5, 0.6) is 0 Å². The van der Waals surface area contributed by atoms with Gasteiger partial charge in [-0.1, -0.05) is 6.08 Å². The van der Waals surface area contributed by atoms with Gasteiger partial charge in [-0.15, -0.1) is 0 Å². The molecule has 0 radical (unpaired) electrons. The van der Waals surface area contributed by atoms with Gasteiger partial charge in [0.1, 0.15) is 0 Å². The number of fused-ring (bicyclic) bond motifs is 1. The van der Waals surface area contributed by atoms with Crippen molar-refractivity contribution < 1.29 is 0 Å². The molecular formula is C8H10N2. The van der Waals surface area contributed by atoms with Crippen LogP contribution in [0.1, 0.15) is 6.42 Å². The smallest absolute Gasteiger partial charge is 0.0241 e. The number of nitrogens with one attached hydrogen (secondary N) is 1. The molecule has 2 heteroatoms. The summed E-state index contributed by atoms with van der Waals surface area (Å²) in [5.41, 5.74) is 7.89. The maximum absolute atomic E-state index is 5.65. The third-order valence-corrected chi connectivity index (χ3v) is 1.91. The van der Waals surface area contributed by atoms with E-state index < -0.39 is 0 Å². The summed E-state index contributed by atoms with van der Waals surface area (Å²) >= 11 is 0. The second kappa shape index (κ2) is 1.90. The first kappa shape index (κ1) is 5.59. The minimum absolute atomic E-state index is 0.519. The Bertz CT molecular complexity index is 236. The van der Waals surface area contributed by atoms with Crippen LogP contribution in [0, 0.1) is 5.92 Å². The Balaban J connectivity index is 2.28. The number of hydrogen-bond donors (Lipinski definition) is 2. The molecule has 10 heavy (non-hydrogen) atoms. The van der Waals surface area contributed by atoms with E-state index >= 15 is 0 Å². The van der Waals surface area contributed by atoms with Gasteiger partial charge in [0.15, 0.2) is 0 Å². The Labute approximate surface area is 60.1 Å². The van der Waals surface area contributed by atoms with Gasteiger partial charge in [-0.3, -0.25) is 0 Å². The fourth-order valence-electron chi connectivity index (χ4n) is 1.34. The van der Waals surface area contributed by atoms with Crippen LogP contribution in [0.15, 0.2) is 35.8 Å². The molecule has 1 aliphatic carbocycles. The second-order valence-electron chi connectivity index (χ2n) is 2.68. The largest absolute Gasteiger partial charge is 0.402 e. The molecule has 0 bridgehead atoms. The monoisotopic (exact) mass is 134 g/mol. The molecule has 2 rings (SSSR count). The highest BCUT2D eigenvalue weighted by atomic mass is 14.9. The van der Waals surface area contributed by atoms with Crippen LogP contribution in [0.3, 0.4) is 0 Å². The maximum Gasteiger partial charge on any atom is 0.0241 e. The van der Waals surface area contributed by atoms with Gasteiger partial charge >= 0.3 is 0 Å². The van der Waals surface area contributed by atoms with Gasteiger partial charge in [0.25, 0.3) is 0 Å². The van der Waals surface area contributed by atoms with Gasteiger partial charge in [0.2, 0.25) is 0 Å². The van der Waals surface area contributed by atoms with E-state index in [2.05, 4.69) is 11.4 Å². The van der Waals surface area contributed by atoms with Crippen molar-refractivity contribution >= 4 is 0 Å². The van der Waals surface area contributed by atoms with Crippen LogP contribution in [-0.4, -0.2) is 0 Å². The van der Waals surface area contributed by atoms with Crippen LogP contribution in [-0.2, 0) is 0 Å². The molecule has 1 aliphatic heterocycles. The van der Waals surface area contributed by atoms with Crippen LogP contribution in [0.25, 0.3) is 0 Å². The minimum atomic E-state index is 0.519. The van der Waals surface area contributed by atoms with Crippen LogP contribution >= 0.6 is 0 Å².